The van der Waals surface area contributed by atoms with E-state index in [9.17, 15) is 4.79 Å². The van der Waals surface area contributed by atoms with Gasteiger partial charge in [0.25, 0.3) is 0 Å². The highest BCUT2D eigenvalue weighted by molar-refractivity contribution is 5.92. The number of carbonyl (C=O) groups excluding carboxylic acids is 1. The fourth-order valence-electron chi connectivity index (χ4n) is 0.829. The van der Waals surface area contributed by atoms with Gasteiger partial charge in [-0.15, -0.1) is 0 Å². The average Bonchev–Trinajstić information content (AvgIpc) is 1.98. The van der Waals surface area contributed by atoms with Gasteiger partial charge in [0.15, 0.2) is 0 Å². The molecule has 0 rings (SSSR count). The number of hydrogen-bond donors (Lipinski definition) is 1. The summed E-state index contributed by atoms with van der Waals surface area (Å²) in [6.45, 7) is 9.03. The normalized spacial score (nSPS) is 9.36. The molecule has 0 aromatic rings. The van der Waals surface area contributed by atoms with Crippen LogP contribution in [-0.2, 0) is 4.79 Å². The Kier molecular flexibility index (Phi) is 4.54. The summed E-state index contributed by atoms with van der Waals surface area (Å²) in [7, 11) is 0. The Morgan fingerprint density at radius 2 is 2.18 bits per heavy atom. The van der Waals surface area contributed by atoms with Crippen LogP contribution in [0.4, 0.5) is 0 Å². The monoisotopic (exact) mass is 156 g/mol. The van der Waals surface area contributed by atoms with Crippen molar-refractivity contribution in [2.75, 3.05) is 19.6 Å². The van der Waals surface area contributed by atoms with Gasteiger partial charge in [-0.25, -0.2) is 0 Å². The maximum atomic E-state index is 11.2. The zero-order chi connectivity index (χ0) is 8.85. The van der Waals surface area contributed by atoms with E-state index < -0.39 is 0 Å². The molecule has 0 saturated heterocycles. The topological polar surface area (TPSA) is 46.3 Å². The van der Waals surface area contributed by atoms with Gasteiger partial charge in [0.05, 0.1) is 0 Å². The second-order valence-electron chi connectivity index (χ2n) is 2.45. The highest BCUT2D eigenvalue weighted by Gasteiger charge is 2.09. The van der Waals surface area contributed by atoms with E-state index in [0.717, 1.165) is 0 Å². The van der Waals surface area contributed by atoms with Crippen LogP contribution in [0.25, 0.3) is 0 Å². The van der Waals surface area contributed by atoms with E-state index in [2.05, 4.69) is 6.58 Å². The van der Waals surface area contributed by atoms with Crippen LogP contribution in [-0.4, -0.2) is 30.4 Å². The molecule has 11 heavy (non-hydrogen) atoms. The lowest BCUT2D eigenvalue weighted by molar-refractivity contribution is -0.126. The summed E-state index contributed by atoms with van der Waals surface area (Å²) in [6, 6.07) is 0. The molecule has 0 aliphatic heterocycles. The van der Waals surface area contributed by atoms with Gasteiger partial charge in [-0.1, -0.05) is 6.58 Å². The minimum Gasteiger partial charge on any atom is -0.338 e. The second-order valence-corrected chi connectivity index (χ2v) is 2.45. The molecule has 0 radical (unpaired) electrons. The smallest absolute Gasteiger partial charge is 0.248 e. The van der Waals surface area contributed by atoms with Crippen LogP contribution in [0.2, 0.25) is 0 Å². The number of likely N-dealkylation sites (N-methyl/N-ethyl adjacent to an activating group) is 1. The Bertz CT molecular complexity index is 154. The Morgan fingerprint density at radius 1 is 1.64 bits per heavy atom. The second kappa shape index (κ2) is 4.91. The van der Waals surface area contributed by atoms with Crippen molar-refractivity contribution in [1.29, 1.82) is 0 Å². The molecule has 0 bridgehead atoms. The maximum absolute atomic E-state index is 11.2. The minimum atomic E-state index is -0.00190. The molecule has 0 spiro atoms. The van der Waals surface area contributed by atoms with Crippen molar-refractivity contribution in [2.24, 2.45) is 5.73 Å². The third-order valence-electron chi connectivity index (χ3n) is 1.43. The van der Waals surface area contributed by atoms with Crippen molar-refractivity contribution in [2.45, 2.75) is 13.8 Å². The third kappa shape index (κ3) is 3.18. The van der Waals surface area contributed by atoms with Gasteiger partial charge >= 0.3 is 0 Å². The molecule has 0 heterocycles. The molecule has 0 aromatic carbocycles. The summed E-state index contributed by atoms with van der Waals surface area (Å²) in [5.74, 6) is -0.00190. The van der Waals surface area contributed by atoms with Crippen LogP contribution >= 0.6 is 0 Å². The largest absolute Gasteiger partial charge is 0.338 e. The molecule has 3 heteroatoms. The van der Waals surface area contributed by atoms with Crippen molar-refractivity contribution in [3.05, 3.63) is 12.2 Å². The fourth-order valence-corrected chi connectivity index (χ4v) is 0.829. The minimum absolute atomic E-state index is 0.00190. The van der Waals surface area contributed by atoms with Gasteiger partial charge < -0.3 is 10.6 Å². The zero-order valence-electron chi connectivity index (χ0n) is 7.26. The predicted octanol–water partition coefficient (Wildman–Crippen LogP) is 0.370. The van der Waals surface area contributed by atoms with Crippen LogP contribution in [0, 0.1) is 0 Å². The van der Waals surface area contributed by atoms with Crippen molar-refractivity contribution in [3.8, 4) is 0 Å². The van der Waals surface area contributed by atoms with Gasteiger partial charge in [-0.2, -0.15) is 0 Å². The van der Waals surface area contributed by atoms with E-state index in [4.69, 9.17) is 5.73 Å². The van der Waals surface area contributed by atoms with Gasteiger partial charge in [0, 0.05) is 25.2 Å². The summed E-state index contributed by atoms with van der Waals surface area (Å²) in [4.78, 5) is 12.9. The molecule has 0 aromatic heterocycles. The first-order chi connectivity index (χ1) is 5.13. The first-order valence-corrected chi connectivity index (χ1v) is 3.78. The predicted molar refractivity (Wildman–Crippen MR) is 46.1 cm³/mol. The molecule has 0 aliphatic carbocycles. The van der Waals surface area contributed by atoms with Crippen LogP contribution in [0.3, 0.4) is 0 Å². The number of amides is 1. The molecular formula is C8H16N2O. The van der Waals surface area contributed by atoms with Crippen LogP contribution in [0.5, 0.6) is 0 Å². The average molecular weight is 156 g/mol. The maximum Gasteiger partial charge on any atom is 0.248 e. The SMILES string of the molecule is C=C(C)C(=O)N(CC)CCN. The van der Waals surface area contributed by atoms with Crippen molar-refractivity contribution in [1.82, 2.24) is 4.90 Å². The van der Waals surface area contributed by atoms with E-state index in [-0.39, 0.29) is 5.91 Å². The Labute approximate surface area is 67.9 Å². The van der Waals surface area contributed by atoms with Crippen molar-refractivity contribution in [3.63, 3.8) is 0 Å². The van der Waals surface area contributed by atoms with Crippen molar-refractivity contribution < 1.29 is 4.79 Å². The van der Waals surface area contributed by atoms with Gasteiger partial charge in [0.1, 0.15) is 0 Å². The molecule has 0 aliphatic rings. The van der Waals surface area contributed by atoms with Gasteiger partial charge in [-0.05, 0) is 13.8 Å². The molecule has 0 unspecified atom stereocenters. The van der Waals surface area contributed by atoms with Crippen LogP contribution in [0.1, 0.15) is 13.8 Å². The zero-order valence-corrected chi connectivity index (χ0v) is 7.26. The number of hydrogen-bond acceptors (Lipinski definition) is 2. The lowest BCUT2D eigenvalue weighted by Gasteiger charge is -2.19. The van der Waals surface area contributed by atoms with Crippen molar-refractivity contribution >= 4 is 5.91 Å². The lowest BCUT2D eigenvalue weighted by Crippen LogP contribution is -2.35. The number of nitrogens with zero attached hydrogens (tertiary/aromatic N) is 1. The van der Waals surface area contributed by atoms with E-state index >= 15 is 0 Å². The molecule has 0 saturated carbocycles. The number of rotatable bonds is 4. The summed E-state index contributed by atoms with van der Waals surface area (Å²) >= 11 is 0. The quantitative estimate of drug-likeness (QED) is 0.598. The molecule has 64 valence electrons. The summed E-state index contributed by atoms with van der Waals surface area (Å²) in [5.41, 5.74) is 5.89. The van der Waals surface area contributed by atoms with E-state index in [1.165, 1.54) is 0 Å². The van der Waals surface area contributed by atoms with E-state index in [1.54, 1.807) is 11.8 Å². The summed E-state index contributed by atoms with van der Waals surface area (Å²) in [5, 5.41) is 0. The summed E-state index contributed by atoms with van der Waals surface area (Å²) < 4.78 is 0. The Morgan fingerprint density at radius 3 is 2.45 bits per heavy atom. The summed E-state index contributed by atoms with van der Waals surface area (Å²) in [6.07, 6.45) is 0. The Hall–Kier alpha value is -0.830. The highest BCUT2D eigenvalue weighted by Crippen LogP contribution is 1.96. The molecule has 0 fully saturated rings. The fraction of sp³-hybridized carbons (Fsp3) is 0.625. The van der Waals surface area contributed by atoms with E-state index in [0.29, 0.717) is 25.2 Å². The lowest BCUT2D eigenvalue weighted by atomic mass is 10.3. The van der Waals surface area contributed by atoms with Gasteiger partial charge in [-0.3, -0.25) is 4.79 Å². The standard InChI is InChI=1S/C8H16N2O/c1-4-10(6-5-9)8(11)7(2)3/h2,4-6,9H2,1,3H3. The first kappa shape index (κ1) is 10.2. The molecule has 2 N–H and O–H groups in total. The van der Waals surface area contributed by atoms with Crippen LogP contribution in [0.15, 0.2) is 12.2 Å². The highest BCUT2D eigenvalue weighted by atomic mass is 16.2. The number of carbonyl (C=O) groups is 1. The van der Waals surface area contributed by atoms with E-state index in [1.807, 2.05) is 6.92 Å². The Balaban J connectivity index is 4.02. The molecule has 3 nitrogen and oxygen atoms in total. The molecule has 0 atom stereocenters. The molecule has 1 amide bonds. The van der Waals surface area contributed by atoms with Crippen LogP contribution < -0.4 is 5.73 Å². The molecular weight excluding hydrogens is 140 g/mol. The number of nitrogens with two attached hydrogens (primary N) is 1. The van der Waals surface area contributed by atoms with Gasteiger partial charge in [0.2, 0.25) is 5.91 Å². The first-order valence-electron chi connectivity index (χ1n) is 3.78. The third-order valence-corrected chi connectivity index (χ3v) is 1.43.